The third-order valence-corrected chi connectivity index (χ3v) is 6.14. The number of carbonyl (C=O) groups excluding carboxylic acids is 1. The Morgan fingerprint density at radius 1 is 0.886 bits per heavy atom. The summed E-state index contributed by atoms with van der Waals surface area (Å²) in [6, 6.07) is 21.6. The number of para-hydroxylation sites is 3. The Morgan fingerprint density at radius 3 is 2.23 bits per heavy atom. The maximum Gasteiger partial charge on any atom is 0.416 e. The summed E-state index contributed by atoms with van der Waals surface area (Å²) in [6.45, 7) is 3.68. The van der Waals surface area contributed by atoms with E-state index in [1.54, 1.807) is 37.4 Å². The van der Waals surface area contributed by atoms with Gasteiger partial charge in [0.05, 0.1) is 18.4 Å². The molecule has 1 fully saturated rings. The molecule has 0 bridgehead atoms. The van der Waals surface area contributed by atoms with Crippen LogP contribution in [0.3, 0.4) is 0 Å². The molecule has 1 heterocycles. The molecule has 0 N–H and O–H groups in total. The first-order chi connectivity index (χ1) is 16.9. The lowest BCUT2D eigenvalue weighted by Crippen LogP contribution is -2.47. The van der Waals surface area contributed by atoms with Gasteiger partial charge < -0.3 is 9.64 Å². The highest BCUT2D eigenvalue weighted by Gasteiger charge is 2.31. The molecule has 0 aliphatic carbocycles. The number of anilines is 3. The van der Waals surface area contributed by atoms with Gasteiger partial charge in [0.2, 0.25) is 5.91 Å². The van der Waals surface area contributed by atoms with Crippen molar-refractivity contribution in [1.29, 1.82) is 0 Å². The molecule has 3 aromatic carbocycles. The number of amides is 1. The molecule has 1 saturated heterocycles. The van der Waals surface area contributed by atoms with Gasteiger partial charge in [-0.3, -0.25) is 14.6 Å². The fourth-order valence-corrected chi connectivity index (χ4v) is 4.30. The molecule has 0 spiro atoms. The molecule has 1 amide bonds. The van der Waals surface area contributed by atoms with Crippen molar-refractivity contribution >= 4 is 23.0 Å². The van der Waals surface area contributed by atoms with Gasteiger partial charge in [0.25, 0.3) is 0 Å². The molecule has 1 aliphatic rings. The van der Waals surface area contributed by atoms with Crippen molar-refractivity contribution in [2.24, 2.45) is 0 Å². The highest BCUT2D eigenvalue weighted by atomic mass is 19.4. The molecule has 35 heavy (non-hydrogen) atoms. The molecule has 0 atom stereocenters. The van der Waals surface area contributed by atoms with Gasteiger partial charge in [0.15, 0.2) is 0 Å². The van der Waals surface area contributed by atoms with Crippen LogP contribution in [0.5, 0.6) is 5.75 Å². The summed E-state index contributed by atoms with van der Waals surface area (Å²) < 4.78 is 45.4. The largest absolute Gasteiger partial charge is 0.495 e. The van der Waals surface area contributed by atoms with Crippen LogP contribution in [-0.2, 0) is 11.0 Å². The van der Waals surface area contributed by atoms with Crippen molar-refractivity contribution in [3.8, 4) is 5.75 Å². The maximum atomic E-state index is 13.3. The van der Waals surface area contributed by atoms with Crippen LogP contribution >= 0.6 is 0 Å². The van der Waals surface area contributed by atoms with E-state index in [1.165, 1.54) is 17.0 Å². The standard InChI is InChI=1S/C27H28F3N3O2/c1-35-25-13-6-5-12-24(25)32-18-16-31(17-19-32)15-14-26(34)33(22-9-3-2-4-10-22)23-11-7-8-21(20-23)27(28,29)30/h2-13,20H,14-19H2,1H3. The third kappa shape index (κ3) is 5.95. The van der Waals surface area contributed by atoms with Crippen LogP contribution in [0, 0.1) is 0 Å². The molecular formula is C27H28F3N3O2. The van der Waals surface area contributed by atoms with Crippen molar-refractivity contribution in [3.05, 3.63) is 84.4 Å². The van der Waals surface area contributed by atoms with Crippen LogP contribution in [0.15, 0.2) is 78.9 Å². The molecule has 0 radical (unpaired) electrons. The number of halogens is 3. The number of ether oxygens (including phenoxy) is 1. The molecule has 1 aliphatic heterocycles. The average Bonchev–Trinajstić information content (AvgIpc) is 2.88. The van der Waals surface area contributed by atoms with Gasteiger partial charge in [-0.1, -0.05) is 36.4 Å². The van der Waals surface area contributed by atoms with Gasteiger partial charge in [0.1, 0.15) is 5.75 Å². The van der Waals surface area contributed by atoms with Gasteiger partial charge in [-0.15, -0.1) is 0 Å². The zero-order valence-corrected chi connectivity index (χ0v) is 19.5. The van der Waals surface area contributed by atoms with E-state index in [9.17, 15) is 18.0 Å². The topological polar surface area (TPSA) is 36.0 Å². The highest BCUT2D eigenvalue weighted by Crippen LogP contribution is 2.34. The minimum absolute atomic E-state index is 0.194. The van der Waals surface area contributed by atoms with Gasteiger partial charge in [-0.25, -0.2) is 0 Å². The average molecular weight is 484 g/mol. The number of methoxy groups -OCH3 is 1. The van der Waals surface area contributed by atoms with Gasteiger partial charge in [0, 0.05) is 50.5 Å². The SMILES string of the molecule is COc1ccccc1N1CCN(CCC(=O)N(c2ccccc2)c2cccc(C(F)(F)F)c2)CC1. The first kappa shape index (κ1) is 24.6. The van der Waals surface area contributed by atoms with Crippen molar-refractivity contribution < 1.29 is 22.7 Å². The number of hydrogen-bond donors (Lipinski definition) is 0. The molecule has 0 aromatic heterocycles. The summed E-state index contributed by atoms with van der Waals surface area (Å²) in [4.78, 5) is 19.2. The number of piperazine rings is 1. The summed E-state index contributed by atoms with van der Waals surface area (Å²) in [6.07, 6.45) is -4.29. The Labute approximate surface area is 203 Å². The second-order valence-corrected chi connectivity index (χ2v) is 8.36. The van der Waals surface area contributed by atoms with Gasteiger partial charge >= 0.3 is 6.18 Å². The predicted octanol–water partition coefficient (Wildman–Crippen LogP) is 5.59. The first-order valence-electron chi connectivity index (χ1n) is 11.5. The van der Waals surface area contributed by atoms with Crippen LogP contribution in [0.4, 0.5) is 30.2 Å². The molecular weight excluding hydrogens is 455 g/mol. The third-order valence-electron chi connectivity index (χ3n) is 6.14. The van der Waals surface area contributed by atoms with E-state index in [4.69, 9.17) is 4.74 Å². The van der Waals surface area contributed by atoms with E-state index in [-0.39, 0.29) is 18.0 Å². The van der Waals surface area contributed by atoms with Crippen molar-refractivity contribution in [2.75, 3.05) is 49.6 Å². The van der Waals surface area contributed by atoms with Crippen LogP contribution in [0.1, 0.15) is 12.0 Å². The second kappa shape index (κ2) is 10.8. The van der Waals surface area contributed by atoms with Crippen LogP contribution < -0.4 is 14.5 Å². The number of carbonyl (C=O) groups is 1. The lowest BCUT2D eigenvalue weighted by atomic mass is 10.1. The van der Waals surface area contributed by atoms with Gasteiger partial charge in [-0.05, 0) is 42.5 Å². The summed E-state index contributed by atoms with van der Waals surface area (Å²) >= 11 is 0. The Kier molecular flexibility index (Phi) is 7.60. The van der Waals surface area contributed by atoms with Crippen molar-refractivity contribution in [2.45, 2.75) is 12.6 Å². The van der Waals surface area contributed by atoms with Crippen LogP contribution in [0.2, 0.25) is 0 Å². The van der Waals surface area contributed by atoms with E-state index in [2.05, 4.69) is 9.80 Å². The van der Waals surface area contributed by atoms with E-state index in [1.807, 2.05) is 24.3 Å². The van der Waals surface area contributed by atoms with E-state index >= 15 is 0 Å². The fraction of sp³-hybridized carbons (Fsp3) is 0.296. The van der Waals surface area contributed by atoms with Crippen LogP contribution in [0.25, 0.3) is 0 Å². The van der Waals surface area contributed by atoms with Crippen LogP contribution in [-0.4, -0.2) is 50.6 Å². The Balaban J connectivity index is 1.43. The monoisotopic (exact) mass is 483 g/mol. The maximum absolute atomic E-state index is 13.3. The fourth-order valence-electron chi connectivity index (χ4n) is 4.30. The van der Waals surface area contributed by atoms with Crippen molar-refractivity contribution in [3.63, 3.8) is 0 Å². The lowest BCUT2D eigenvalue weighted by molar-refractivity contribution is -0.137. The molecule has 8 heteroatoms. The summed E-state index contributed by atoms with van der Waals surface area (Å²) in [5.74, 6) is 0.582. The molecule has 3 aromatic rings. The Hall–Kier alpha value is -3.52. The number of hydrogen-bond acceptors (Lipinski definition) is 4. The molecule has 0 saturated carbocycles. The summed E-state index contributed by atoms with van der Waals surface area (Å²) in [5, 5.41) is 0. The minimum atomic E-state index is -4.48. The lowest BCUT2D eigenvalue weighted by Gasteiger charge is -2.36. The zero-order chi connectivity index (χ0) is 24.8. The molecule has 5 nitrogen and oxygen atoms in total. The quantitative estimate of drug-likeness (QED) is 0.439. The zero-order valence-electron chi connectivity index (χ0n) is 19.5. The number of alkyl halides is 3. The first-order valence-corrected chi connectivity index (χ1v) is 11.5. The predicted molar refractivity (Wildman–Crippen MR) is 131 cm³/mol. The normalized spacial score (nSPS) is 14.6. The summed E-state index contributed by atoms with van der Waals surface area (Å²) in [5.41, 5.74) is 1.01. The minimum Gasteiger partial charge on any atom is -0.495 e. The van der Waals surface area contributed by atoms with Crippen molar-refractivity contribution in [1.82, 2.24) is 4.90 Å². The Bertz CT molecular complexity index is 1130. The number of benzene rings is 3. The highest BCUT2D eigenvalue weighted by molar-refractivity contribution is 6.00. The summed E-state index contributed by atoms with van der Waals surface area (Å²) in [7, 11) is 1.66. The second-order valence-electron chi connectivity index (χ2n) is 8.36. The number of nitrogens with zero attached hydrogens (tertiary/aromatic N) is 3. The molecule has 4 rings (SSSR count). The van der Waals surface area contributed by atoms with E-state index in [0.717, 1.165) is 49.7 Å². The van der Waals surface area contributed by atoms with E-state index in [0.29, 0.717) is 12.2 Å². The molecule has 0 unspecified atom stereocenters. The van der Waals surface area contributed by atoms with E-state index < -0.39 is 11.7 Å². The smallest absolute Gasteiger partial charge is 0.416 e. The number of rotatable bonds is 7. The Morgan fingerprint density at radius 2 is 1.54 bits per heavy atom. The molecule has 184 valence electrons. The van der Waals surface area contributed by atoms with Gasteiger partial charge in [-0.2, -0.15) is 13.2 Å².